The van der Waals surface area contributed by atoms with Gasteiger partial charge in [0.2, 0.25) is 0 Å². The lowest BCUT2D eigenvalue weighted by molar-refractivity contribution is 0.0678. The average molecular weight is 277 g/mol. The van der Waals surface area contributed by atoms with Gasteiger partial charge in [-0.25, -0.2) is 0 Å². The fourth-order valence-electron chi connectivity index (χ4n) is 2.50. The van der Waals surface area contributed by atoms with E-state index in [9.17, 15) is 4.79 Å². The van der Waals surface area contributed by atoms with Crippen LogP contribution in [0, 0.1) is 6.92 Å². The summed E-state index contributed by atoms with van der Waals surface area (Å²) in [6.07, 6.45) is 0. The van der Waals surface area contributed by atoms with E-state index in [1.54, 1.807) is 0 Å². The Kier molecular flexibility index (Phi) is 6.02. The van der Waals surface area contributed by atoms with Crippen LogP contribution in [0.4, 0.5) is 5.69 Å². The summed E-state index contributed by atoms with van der Waals surface area (Å²) in [6.45, 7) is 7.70. The number of anilines is 1. The third kappa shape index (κ3) is 3.97. The fourth-order valence-corrected chi connectivity index (χ4v) is 2.50. The summed E-state index contributed by atoms with van der Waals surface area (Å²) in [7, 11) is 5.94. The van der Waals surface area contributed by atoms with Gasteiger partial charge >= 0.3 is 0 Å². The van der Waals surface area contributed by atoms with Crippen molar-refractivity contribution < 1.29 is 4.79 Å². The Morgan fingerprint density at radius 1 is 1.35 bits per heavy atom. The van der Waals surface area contributed by atoms with Crippen molar-refractivity contribution in [2.75, 3.05) is 39.5 Å². The van der Waals surface area contributed by atoms with Crippen molar-refractivity contribution in [2.24, 2.45) is 0 Å². The SMILES string of the molecule is CCN(C(=O)c1ccc(NC)cc1C)C(C)CN(C)C. The maximum Gasteiger partial charge on any atom is 0.254 e. The Labute approximate surface area is 122 Å². The Bertz CT molecular complexity index is 457. The highest BCUT2D eigenvalue weighted by molar-refractivity contribution is 5.96. The van der Waals surface area contributed by atoms with E-state index >= 15 is 0 Å². The molecule has 0 aliphatic heterocycles. The lowest BCUT2D eigenvalue weighted by atomic mass is 10.1. The first kappa shape index (κ1) is 16.5. The van der Waals surface area contributed by atoms with E-state index < -0.39 is 0 Å². The van der Waals surface area contributed by atoms with Crippen LogP contribution >= 0.6 is 0 Å². The largest absolute Gasteiger partial charge is 0.388 e. The second-order valence-electron chi connectivity index (χ2n) is 5.48. The van der Waals surface area contributed by atoms with E-state index in [0.29, 0.717) is 0 Å². The number of nitrogens with one attached hydrogen (secondary N) is 1. The first-order chi connectivity index (χ1) is 9.40. The maximum atomic E-state index is 12.7. The summed E-state index contributed by atoms with van der Waals surface area (Å²) < 4.78 is 0. The minimum atomic E-state index is 0.113. The Hall–Kier alpha value is -1.55. The molecule has 1 atom stereocenters. The highest BCUT2D eigenvalue weighted by Gasteiger charge is 2.21. The zero-order chi connectivity index (χ0) is 15.3. The highest BCUT2D eigenvalue weighted by Crippen LogP contribution is 2.17. The van der Waals surface area contributed by atoms with Gasteiger partial charge in [-0.05, 0) is 58.6 Å². The zero-order valence-corrected chi connectivity index (χ0v) is 13.5. The summed E-state index contributed by atoms with van der Waals surface area (Å²) in [5, 5.41) is 3.09. The van der Waals surface area contributed by atoms with E-state index in [-0.39, 0.29) is 11.9 Å². The molecule has 0 saturated heterocycles. The monoisotopic (exact) mass is 277 g/mol. The molecule has 0 spiro atoms. The third-order valence-corrected chi connectivity index (χ3v) is 3.51. The number of aryl methyl sites for hydroxylation is 1. The highest BCUT2D eigenvalue weighted by atomic mass is 16.2. The number of nitrogens with zero attached hydrogens (tertiary/aromatic N) is 2. The topological polar surface area (TPSA) is 35.6 Å². The molecule has 1 aromatic carbocycles. The van der Waals surface area contributed by atoms with Gasteiger partial charge in [-0.3, -0.25) is 4.79 Å². The van der Waals surface area contributed by atoms with Crippen molar-refractivity contribution in [1.82, 2.24) is 9.80 Å². The quantitative estimate of drug-likeness (QED) is 0.867. The van der Waals surface area contributed by atoms with Crippen molar-refractivity contribution in [1.29, 1.82) is 0 Å². The first-order valence-electron chi connectivity index (χ1n) is 7.14. The summed E-state index contributed by atoms with van der Waals surface area (Å²) in [6, 6.07) is 6.07. The van der Waals surface area contributed by atoms with Gasteiger partial charge in [-0.15, -0.1) is 0 Å². The molecular weight excluding hydrogens is 250 g/mol. The van der Waals surface area contributed by atoms with Gasteiger partial charge in [-0.2, -0.15) is 0 Å². The number of amides is 1. The summed E-state index contributed by atoms with van der Waals surface area (Å²) in [5.41, 5.74) is 2.83. The predicted molar refractivity (Wildman–Crippen MR) is 85.5 cm³/mol. The second kappa shape index (κ2) is 7.29. The van der Waals surface area contributed by atoms with Crippen LogP contribution in [0.3, 0.4) is 0 Å². The molecule has 1 unspecified atom stereocenters. The second-order valence-corrected chi connectivity index (χ2v) is 5.48. The summed E-state index contributed by atoms with van der Waals surface area (Å²) in [4.78, 5) is 16.7. The molecule has 0 heterocycles. The Balaban J connectivity index is 2.96. The number of carbonyl (C=O) groups excluding carboxylic acids is 1. The molecule has 1 rings (SSSR count). The van der Waals surface area contributed by atoms with Gasteiger partial charge in [0, 0.05) is 37.4 Å². The van der Waals surface area contributed by atoms with Gasteiger partial charge in [0.1, 0.15) is 0 Å². The predicted octanol–water partition coefficient (Wildman–Crippen LogP) is 2.45. The molecule has 1 aromatic rings. The summed E-state index contributed by atoms with van der Waals surface area (Å²) in [5.74, 6) is 0.113. The number of hydrogen-bond acceptors (Lipinski definition) is 3. The van der Waals surface area contributed by atoms with Gasteiger partial charge in [0.15, 0.2) is 0 Å². The van der Waals surface area contributed by atoms with Gasteiger partial charge < -0.3 is 15.1 Å². The standard InChI is InChI=1S/C16H27N3O/c1-7-19(13(3)11-18(5)6)16(20)15-9-8-14(17-4)10-12(15)2/h8-10,13,17H,7,11H2,1-6H3. The lowest BCUT2D eigenvalue weighted by Crippen LogP contribution is -2.43. The normalized spacial score (nSPS) is 12.3. The van der Waals surface area contributed by atoms with Crippen LogP contribution in [-0.2, 0) is 0 Å². The number of benzene rings is 1. The number of carbonyl (C=O) groups is 1. The molecule has 20 heavy (non-hydrogen) atoms. The molecule has 0 aliphatic carbocycles. The molecule has 4 nitrogen and oxygen atoms in total. The zero-order valence-electron chi connectivity index (χ0n) is 13.5. The van der Waals surface area contributed by atoms with E-state index in [1.165, 1.54) is 0 Å². The third-order valence-electron chi connectivity index (χ3n) is 3.51. The molecule has 1 amide bonds. The van der Waals surface area contributed by atoms with E-state index in [4.69, 9.17) is 0 Å². The minimum Gasteiger partial charge on any atom is -0.388 e. The molecule has 1 N–H and O–H groups in total. The van der Waals surface area contributed by atoms with Crippen LogP contribution in [0.5, 0.6) is 0 Å². The van der Waals surface area contributed by atoms with Crippen molar-refractivity contribution in [2.45, 2.75) is 26.8 Å². The maximum absolute atomic E-state index is 12.7. The molecule has 112 valence electrons. The van der Waals surface area contributed by atoms with E-state index in [1.807, 2.05) is 58.1 Å². The van der Waals surface area contributed by atoms with Gasteiger partial charge in [0.25, 0.3) is 5.91 Å². The average Bonchev–Trinajstić information content (AvgIpc) is 2.38. The van der Waals surface area contributed by atoms with Crippen LogP contribution in [0.25, 0.3) is 0 Å². The Morgan fingerprint density at radius 3 is 2.45 bits per heavy atom. The molecular formula is C16H27N3O. The Morgan fingerprint density at radius 2 is 2.00 bits per heavy atom. The number of hydrogen-bond donors (Lipinski definition) is 1. The van der Waals surface area contributed by atoms with Crippen LogP contribution in [-0.4, -0.2) is 56.0 Å². The number of likely N-dealkylation sites (N-methyl/N-ethyl adjacent to an activating group) is 2. The van der Waals surface area contributed by atoms with Gasteiger partial charge in [0.05, 0.1) is 0 Å². The van der Waals surface area contributed by atoms with E-state index in [0.717, 1.165) is 29.9 Å². The molecule has 4 heteroatoms. The van der Waals surface area contributed by atoms with Crippen LogP contribution in [0.1, 0.15) is 29.8 Å². The molecule has 0 bridgehead atoms. The fraction of sp³-hybridized carbons (Fsp3) is 0.562. The first-order valence-corrected chi connectivity index (χ1v) is 7.14. The number of rotatable bonds is 6. The van der Waals surface area contributed by atoms with Crippen LogP contribution in [0.2, 0.25) is 0 Å². The van der Waals surface area contributed by atoms with E-state index in [2.05, 4.69) is 17.1 Å². The minimum absolute atomic E-state index is 0.113. The van der Waals surface area contributed by atoms with Crippen molar-refractivity contribution >= 4 is 11.6 Å². The molecule has 0 radical (unpaired) electrons. The molecule has 0 aromatic heterocycles. The van der Waals surface area contributed by atoms with Crippen LogP contribution < -0.4 is 5.32 Å². The smallest absolute Gasteiger partial charge is 0.254 e. The summed E-state index contributed by atoms with van der Waals surface area (Å²) >= 11 is 0. The van der Waals surface area contributed by atoms with Gasteiger partial charge in [-0.1, -0.05) is 0 Å². The molecule has 0 fully saturated rings. The molecule has 0 aliphatic rings. The van der Waals surface area contributed by atoms with Crippen molar-refractivity contribution in [3.05, 3.63) is 29.3 Å². The van der Waals surface area contributed by atoms with Crippen molar-refractivity contribution in [3.63, 3.8) is 0 Å². The van der Waals surface area contributed by atoms with Crippen molar-refractivity contribution in [3.8, 4) is 0 Å². The van der Waals surface area contributed by atoms with Crippen LogP contribution in [0.15, 0.2) is 18.2 Å². The molecule has 0 saturated carbocycles. The lowest BCUT2D eigenvalue weighted by Gasteiger charge is -2.30.